The lowest BCUT2D eigenvalue weighted by Crippen LogP contribution is -2.32. The third-order valence-corrected chi connectivity index (χ3v) is 7.69. The summed E-state index contributed by atoms with van der Waals surface area (Å²) in [4.78, 5) is 0. The van der Waals surface area contributed by atoms with Gasteiger partial charge in [0.25, 0.3) is 0 Å². The first-order valence-corrected chi connectivity index (χ1v) is 11.8. The van der Waals surface area contributed by atoms with Gasteiger partial charge in [-0.25, -0.2) is 0 Å². The Hall–Kier alpha value is -4.36. The molecule has 0 aromatic heterocycles. The van der Waals surface area contributed by atoms with Crippen LogP contribution in [0.3, 0.4) is 0 Å². The number of fused-ring (bicyclic) bond motifs is 12. The van der Waals surface area contributed by atoms with Gasteiger partial charge in [-0.15, -0.1) is 0 Å². The van der Waals surface area contributed by atoms with Crippen molar-refractivity contribution in [2.75, 3.05) is 0 Å². The summed E-state index contributed by atoms with van der Waals surface area (Å²) in [6.07, 6.45) is 0. The van der Waals surface area contributed by atoms with Gasteiger partial charge in [0, 0.05) is 11.1 Å². The minimum atomic E-state index is -0.406. The van der Waals surface area contributed by atoms with Crippen LogP contribution in [-0.2, 0) is 5.41 Å². The molecule has 1 nitrogen and oxygen atoms in total. The molecule has 0 saturated carbocycles. The van der Waals surface area contributed by atoms with E-state index in [-0.39, 0.29) is 0 Å². The Morgan fingerprint density at radius 2 is 1.03 bits per heavy atom. The van der Waals surface area contributed by atoms with Gasteiger partial charge in [0.05, 0.1) is 5.41 Å². The van der Waals surface area contributed by atoms with Crippen molar-refractivity contribution in [3.63, 3.8) is 0 Å². The van der Waals surface area contributed by atoms with Crippen molar-refractivity contribution >= 4 is 21.5 Å². The standard InChI is InChI=1S/C33H20O/c1-2-10-22-20-25-23(19-21(22)9-1)17-18-29-32(25)24-11-3-4-12-26(24)33(29)27-13-5-7-15-30(27)34-31-16-8-6-14-28(31)33/h1-20H. The maximum atomic E-state index is 6.44. The molecule has 6 aromatic carbocycles. The molecule has 2 aliphatic rings. The first-order valence-electron chi connectivity index (χ1n) is 11.8. The Balaban J connectivity index is 1.60. The molecule has 34 heavy (non-hydrogen) atoms. The van der Waals surface area contributed by atoms with Crippen LogP contribution in [0, 0.1) is 0 Å². The lowest BCUT2D eigenvalue weighted by atomic mass is 9.66. The first-order chi connectivity index (χ1) is 16.9. The third kappa shape index (κ3) is 2.10. The molecule has 1 heterocycles. The van der Waals surface area contributed by atoms with Gasteiger partial charge in [-0.2, -0.15) is 0 Å². The van der Waals surface area contributed by atoms with Crippen LogP contribution < -0.4 is 4.74 Å². The van der Waals surface area contributed by atoms with E-state index in [9.17, 15) is 0 Å². The van der Waals surface area contributed by atoms with Gasteiger partial charge in [0.1, 0.15) is 11.5 Å². The van der Waals surface area contributed by atoms with Gasteiger partial charge >= 0.3 is 0 Å². The maximum absolute atomic E-state index is 6.44. The molecule has 8 rings (SSSR count). The lowest BCUT2D eigenvalue weighted by molar-refractivity contribution is 0.436. The average molecular weight is 433 g/mol. The molecule has 0 amide bonds. The molecule has 1 aliphatic carbocycles. The summed E-state index contributed by atoms with van der Waals surface area (Å²) in [6, 6.07) is 44.0. The van der Waals surface area contributed by atoms with Crippen molar-refractivity contribution in [1.29, 1.82) is 0 Å². The molecule has 1 spiro atoms. The quantitative estimate of drug-likeness (QED) is 0.218. The normalized spacial score (nSPS) is 14.4. The number of hydrogen-bond acceptors (Lipinski definition) is 1. The Kier molecular flexibility index (Phi) is 3.39. The zero-order chi connectivity index (χ0) is 22.3. The van der Waals surface area contributed by atoms with Crippen molar-refractivity contribution in [3.8, 4) is 22.6 Å². The van der Waals surface area contributed by atoms with Crippen molar-refractivity contribution in [2.24, 2.45) is 0 Å². The monoisotopic (exact) mass is 432 g/mol. The highest BCUT2D eigenvalue weighted by Gasteiger charge is 2.51. The van der Waals surface area contributed by atoms with Gasteiger partial charge in [-0.3, -0.25) is 0 Å². The van der Waals surface area contributed by atoms with E-state index in [1.165, 1.54) is 54.9 Å². The maximum Gasteiger partial charge on any atom is 0.132 e. The minimum Gasteiger partial charge on any atom is -0.457 e. The fraction of sp³-hybridized carbons (Fsp3) is 0.0303. The Morgan fingerprint density at radius 3 is 1.76 bits per heavy atom. The van der Waals surface area contributed by atoms with Gasteiger partial charge < -0.3 is 4.74 Å². The number of benzene rings is 6. The van der Waals surface area contributed by atoms with Crippen molar-refractivity contribution in [1.82, 2.24) is 0 Å². The van der Waals surface area contributed by atoms with E-state index >= 15 is 0 Å². The summed E-state index contributed by atoms with van der Waals surface area (Å²) >= 11 is 0. The predicted octanol–water partition coefficient (Wildman–Crippen LogP) is 8.46. The zero-order valence-electron chi connectivity index (χ0n) is 18.5. The number of ether oxygens (including phenoxy) is 1. The molecule has 1 aliphatic heterocycles. The molecule has 158 valence electrons. The second-order valence-corrected chi connectivity index (χ2v) is 9.30. The van der Waals surface area contributed by atoms with Crippen LogP contribution in [0.4, 0.5) is 0 Å². The molecule has 0 saturated heterocycles. The Bertz CT molecular complexity index is 1750. The van der Waals surface area contributed by atoms with Crippen molar-refractivity contribution < 1.29 is 4.74 Å². The zero-order valence-corrected chi connectivity index (χ0v) is 18.5. The largest absolute Gasteiger partial charge is 0.457 e. The number of hydrogen-bond donors (Lipinski definition) is 0. The summed E-state index contributed by atoms with van der Waals surface area (Å²) in [7, 11) is 0. The fourth-order valence-electron chi connectivity index (χ4n) is 6.36. The van der Waals surface area contributed by atoms with Gasteiger partial charge in [0.2, 0.25) is 0 Å². The lowest BCUT2D eigenvalue weighted by Gasteiger charge is -2.39. The Morgan fingerprint density at radius 1 is 0.441 bits per heavy atom. The molecule has 0 atom stereocenters. The molecule has 1 heteroatoms. The van der Waals surface area contributed by atoms with Gasteiger partial charge in [-0.05, 0) is 68.1 Å². The fourth-order valence-corrected chi connectivity index (χ4v) is 6.36. The molecular weight excluding hydrogens is 412 g/mol. The number of para-hydroxylation sites is 2. The van der Waals surface area contributed by atoms with Crippen LogP contribution in [0.15, 0.2) is 121 Å². The molecule has 6 aromatic rings. The summed E-state index contributed by atoms with van der Waals surface area (Å²) in [5.74, 6) is 1.87. The summed E-state index contributed by atoms with van der Waals surface area (Å²) < 4.78 is 6.44. The molecule has 0 fully saturated rings. The van der Waals surface area contributed by atoms with Crippen LogP contribution in [0.2, 0.25) is 0 Å². The van der Waals surface area contributed by atoms with Crippen LogP contribution in [0.1, 0.15) is 22.3 Å². The molecule has 0 unspecified atom stereocenters. The first kappa shape index (κ1) is 18.1. The second-order valence-electron chi connectivity index (χ2n) is 9.30. The van der Waals surface area contributed by atoms with E-state index in [2.05, 4.69) is 121 Å². The third-order valence-electron chi connectivity index (χ3n) is 7.69. The van der Waals surface area contributed by atoms with E-state index in [1.807, 2.05) is 0 Å². The molecule has 0 radical (unpaired) electrons. The highest BCUT2D eigenvalue weighted by atomic mass is 16.5. The smallest absolute Gasteiger partial charge is 0.132 e. The van der Waals surface area contributed by atoms with Crippen LogP contribution in [0.5, 0.6) is 11.5 Å². The van der Waals surface area contributed by atoms with E-state index in [0.29, 0.717) is 0 Å². The molecular formula is C33H20O. The van der Waals surface area contributed by atoms with Crippen LogP contribution in [-0.4, -0.2) is 0 Å². The van der Waals surface area contributed by atoms with Crippen molar-refractivity contribution in [2.45, 2.75) is 5.41 Å². The topological polar surface area (TPSA) is 9.23 Å². The highest BCUT2D eigenvalue weighted by molar-refractivity contribution is 6.09. The second kappa shape index (κ2) is 6.36. The predicted molar refractivity (Wildman–Crippen MR) is 139 cm³/mol. The van der Waals surface area contributed by atoms with Crippen LogP contribution in [0.25, 0.3) is 32.7 Å². The summed E-state index contributed by atoms with van der Waals surface area (Å²) in [6.45, 7) is 0. The number of rotatable bonds is 0. The average Bonchev–Trinajstić information content (AvgIpc) is 3.19. The summed E-state index contributed by atoms with van der Waals surface area (Å²) in [5, 5.41) is 5.13. The van der Waals surface area contributed by atoms with E-state index in [1.54, 1.807) is 0 Å². The van der Waals surface area contributed by atoms with Gasteiger partial charge in [0.15, 0.2) is 0 Å². The van der Waals surface area contributed by atoms with Crippen LogP contribution >= 0.6 is 0 Å². The molecule has 0 N–H and O–H groups in total. The van der Waals surface area contributed by atoms with Gasteiger partial charge in [-0.1, -0.05) is 97.1 Å². The SMILES string of the molecule is c1ccc2c(c1)Oc1ccccc1C21c2ccccc2-c2c1ccc1cc3ccccc3cc21. The molecule has 0 bridgehead atoms. The van der Waals surface area contributed by atoms with E-state index in [0.717, 1.165) is 11.5 Å². The van der Waals surface area contributed by atoms with E-state index < -0.39 is 5.41 Å². The highest BCUT2D eigenvalue weighted by Crippen LogP contribution is 2.62. The van der Waals surface area contributed by atoms with Crippen molar-refractivity contribution in [3.05, 3.63) is 144 Å². The summed E-state index contributed by atoms with van der Waals surface area (Å²) in [5.41, 5.74) is 7.32. The minimum absolute atomic E-state index is 0.406. The van der Waals surface area contributed by atoms with E-state index in [4.69, 9.17) is 4.74 Å². The Labute approximate surface area is 197 Å².